The third kappa shape index (κ3) is 9.76. The Morgan fingerprint density at radius 2 is 1.21 bits per heavy atom. The topological polar surface area (TPSA) is 167 Å². The molecule has 0 aliphatic rings. The molecule has 0 atom stereocenters. The fourth-order valence-corrected chi connectivity index (χ4v) is 3.76. The van der Waals surface area contributed by atoms with E-state index in [1.165, 1.54) is 6.33 Å². The van der Waals surface area contributed by atoms with Crippen LogP contribution in [0.4, 0.5) is 5.82 Å². The van der Waals surface area contributed by atoms with Crippen molar-refractivity contribution in [2.75, 3.05) is 5.32 Å². The fraction of sp³-hybridized carbons (Fsp3) is 0.200. The second-order valence-electron chi connectivity index (χ2n) is 9.25. The molecule has 0 aliphatic carbocycles. The third-order valence-electron chi connectivity index (χ3n) is 5.76. The monoisotopic (exact) mass is 600 g/mol. The van der Waals surface area contributed by atoms with Crippen LogP contribution in [-0.4, -0.2) is 40.2 Å². The van der Waals surface area contributed by atoms with Crippen LogP contribution >= 0.6 is 11.6 Å². The largest absolute Gasteiger partial charge is 0.366 e. The van der Waals surface area contributed by atoms with Crippen molar-refractivity contribution in [2.24, 2.45) is 5.73 Å². The van der Waals surface area contributed by atoms with Crippen molar-refractivity contribution in [1.29, 1.82) is 0 Å². The standard InChI is InChI=1S/C15H15N5O.C10H11N3O.C5H5ClN2.H2/c1-10-7-14(18-9-17-10)16-8-12-3-5-13(6-4-12)15-19-11(2)21-20-15;1-7-12-10(13-14-7)9-4-2-8(6-11)3-5-9;1-4-2-5(6)8-3-7-4;/h3-7,9H,8H2,1-2H3,(H,16,17,18);2-5H,6,11H2,1H3;2-3H,1H3;1H. The lowest BCUT2D eigenvalue weighted by Crippen LogP contribution is -2.02. The summed E-state index contributed by atoms with van der Waals surface area (Å²) in [4.78, 5) is 24.1. The molecule has 3 N–H and O–H groups in total. The fourth-order valence-electron chi connectivity index (χ4n) is 3.56. The van der Waals surface area contributed by atoms with Gasteiger partial charge in [0.15, 0.2) is 0 Å². The summed E-state index contributed by atoms with van der Waals surface area (Å²) in [7, 11) is 0. The van der Waals surface area contributed by atoms with E-state index in [-0.39, 0.29) is 1.43 Å². The smallest absolute Gasteiger partial charge is 0.223 e. The van der Waals surface area contributed by atoms with Crippen molar-refractivity contribution in [3.63, 3.8) is 0 Å². The summed E-state index contributed by atoms with van der Waals surface area (Å²) in [5.41, 5.74) is 11.4. The maximum Gasteiger partial charge on any atom is 0.223 e. The van der Waals surface area contributed by atoms with Gasteiger partial charge in [-0.15, -0.1) is 0 Å². The van der Waals surface area contributed by atoms with Gasteiger partial charge in [-0.1, -0.05) is 70.4 Å². The lowest BCUT2D eigenvalue weighted by Gasteiger charge is -2.06. The maximum atomic E-state index is 5.49. The Kier molecular flexibility index (Phi) is 10.9. The predicted molar refractivity (Wildman–Crippen MR) is 165 cm³/mol. The number of benzene rings is 2. The zero-order valence-electron chi connectivity index (χ0n) is 24.2. The average Bonchev–Trinajstić information content (AvgIpc) is 3.65. The number of nitrogens with two attached hydrogens (primary N) is 1. The van der Waals surface area contributed by atoms with E-state index in [9.17, 15) is 0 Å². The Hall–Kier alpha value is -5.07. The van der Waals surface area contributed by atoms with Crippen LogP contribution in [0.3, 0.4) is 0 Å². The quantitative estimate of drug-likeness (QED) is 0.216. The first-order valence-electron chi connectivity index (χ1n) is 13.2. The van der Waals surface area contributed by atoms with Gasteiger partial charge in [0, 0.05) is 56.9 Å². The van der Waals surface area contributed by atoms with Crippen LogP contribution in [0, 0.1) is 27.7 Å². The molecule has 222 valence electrons. The molecule has 43 heavy (non-hydrogen) atoms. The molecule has 0 bridgehead atoms. The molecule has 0 unspecified atom stereocenters. The van der Waals surface area contributed by atoms with E-state index in [1.807, 2.05) is 68.4 Å². The first-order valence-corrected chi connectivity index (χ1v) is 13.6. The van der Waals surface area contributed by atoms with Crippen LogP contribution in [0.2, 0.25) is 5.15 Å². The molecule has 0 amide bonds. The van der Waals surface area contributed by atoms with Gasteiger partial charge in [0.2, 0.25) is 23.4 Å². The number of nitrogens with zero attached hydrogens (tertiary/aromatic N) is 8. The summed E-state index contributed by atoms with van der Waals surface area (Å²) in [5.74, 6) is 3.18. The summed E-state index contributed by atoms with van der Waals surface area (Å²) in [5, 5.41) is 11.5. The molecule has 0 fully saturated rings. The number of anilines is 1. The van der Waals surface area contributed by atoms with E-state index < -0.39 is 0 Å². The predicted octanol–water partition coefficient (Wildman–Crippen LogP) is 5.94. The highest BCUT2D eigenvalue weighted by molar-refractivity contribution is 6.29. The molecule has 13 heteroatoms. The molecule has 0 saturated carbocycles. The maximum absolute atomic E-state index is 5.49. The molecule has 4 heterocycles. The Morgan fingerprint density at radius 3 is 1.63 bits per heavy atom. The van der Waals surface area contributed by atoms with Gasteiger partial charge in [0.05, 0.1) is 0 Å². The van der Waals surface area contributed by atoms with Gasteiger partial charge in [-0.05, 0) is 31.0 Å². The highest BCUT2D eigenvalue weighted by Gasteiger charge is 2.06. The summed E-state index contributed by atoms with van der Waals surface area (Å²) in [6.07, 6.45) is 3.00. The minimum Gasteiger partial charge on any atom is -0.366 e. The second kappa shape index (κ2) is 15.2. The highest BCUT2D eigenvalue weighted by atomic mass is 35.5. The lowest BCUT2D eigenvalue weighted by atomic mass is 10.1. The molecule has 6 rings (SSSR count). The SMILES string of the molecule is Cc1cc(Cl)ncn1.Cc1cc(NCc2ccc(-c3noc(C)n3)cc2)ncn1.Cc1nc(-c2ccc(CN)cc2)no1.[HH]. The average molecular weight is 601 g/mol. The van der Waals surface area contributed by atoms with Crippen LogP contribution in [0.15, 0.2) is 82.4 Å². The van der Waals surface area contributed by atoms with Gasteiger partial charge in [-0.2, -0.15) is 9.97 Å². The Morgan fingerprint density at radius 1 is 0.698 bits per heavy atom. The normalized spacial score (nSPS) is 10.3. The number of rotatable bonds is 6. The van der Waals surface area contributed by atoms with E-state index in [2.05, 4.69) is 45.5 Å². The molecular formula is C30H33ClN10O2. The first-order chi connectivity index (χ1) is 20.8. The molecule has 4 aromatic heterocycles. The van der Waals surface area contributed by atoms with E-state index in [4.69, 9.17) is 26.4 Å². The van der Waals surface area contributed by atoms with E-state index in [0.29, 0.717) is 41.7 Å². The Balaban J connectivity index is 0.000000198. The van der Waals surface area contributed by atoms with E-state index in [1.54, 1.807) is 26.2 Å². The molecule has 2 aromatic carbocycles. The molecule has 0 saturated heterocycles. The van der Waals surface area contributed by atoms with Gasteiger partial charge < -0.3 is 20.1 Å². The molecule has 0 radical (unpaired) electrons. The Labute approximate surface area is 255 Å². The molecule has 6 aromatic rings. The number of hydrogen-bond acceptors (Lipinski definition) is 12. The van der Waals surface area contributed by atoms with E-state index in [0.717, 1.165) is 39.5 Å². The number of aromatic nitrogens is 8. The van der Waals surface area contributed by atoms with Crippen molar-refractivity contribution >= 4 is 17.4 Å². The minimum atomic E-state index is 0. The van der Waals surface area contributed by atoms with Crippen molar-refractivity contribution in [3.8, 4) is 22.8 Å². The van der Waals surface area contributed by atoms with Gasteiger partial charge in [0.1, 0.15) is 23.6 Å². The van der Waals surface area contributed by atoms with Crippen molar-refractivity contribution in [3.05, 3.63) is 113 Å². The van der Waals surface area contributed by atoms with Crippen molar-refractivity contribution in [2.45, 2.75) is 40.8 Å². The summed E-state index contributed by atoms with van der Waals surface area (Å²) < 4.78 is 9.87. The van der Waals surface area contributed by atoms with Crippen LogP contribution in [0.1, 0.15) is 35.7 Å². The van der Waals surface area contributed by atoms with Crippen LogP contribution in [-0.2, 0) is 13.1 Å². The molecule has 0 aliphatic heterocycles. The molecular weight excluding hydrogens is 568 g/mol. The third-order valence-corrected chi connectivity index (χ3v) is 5.97. The van der Waals surface area contributed by atoms with Crippen LogP contribution < -0.4 is 11.1 Å². The zero-order valence-corrected chi connectivity index (χ0v) is 24.9. The van der Waals surface area contributed by atoms with E-state index >= 15 is 0 Å². The van der Waals surface area contributed by atoms with Crippen LogP contribution in [0.5, 0.6) is 0 Å². The second-order valence-corrected chi connectivity index (χ2v) is 9.64. The number of nitrogens with one attached hydrogen (secondary N) is 1. The van der Waals surface area contributed by atoms with Crippen LogP contribution in [0.25, 0.3) is 22.8 Å². The molecule has 0 spiro atoms. The number of aryl methyl sites for hydroxylation is 4. The zero-order chi connectivity index (χ0) is 30.6. The highest BCUT2D eigenvalue weighted by Crippen LogP contribution is 2.17. The van der Waals surface area contributed by atoms with Crippen molar-refractivity contribution < 1.29 is 10.5 Å². The number of halogens is 1. The van der Waals surface area contributed by atoms with Crippen molar-refractivity contribution in [1.82, 2.24) is 40.2 Å². The van der Waals surface area contributed by atoms with Gasteiger partial charge in [0.25, 0.3) is 0 Å². The Bertz CT molecular complexity index is 1710. The van der Waals surface area contributed by atoms with Gasteiger partial charge in [-0.25, -0.2) is 19.9 Å². The van der Waals surface area contributed by atoms with Gasteiger partial charge in [-0.3, -0.25) is 0 Å². The first kappa shape index (κ1) is 30.9. The van der Waals surface area contributed by atoms with Gasteiger partial charge >= 0.3 is 0 Å². The summed E-state index contributed by atoms with van der Waals surface area (Å²) >= 11 is 5.49. The lowest BCUT2D eigenvalue weighted by molar-refractivity contribution is 0.394. The minimum absolute atomic E-state index is 0. The number of hydrogen-bond donors (Lipinski definition) is 2. The summed E-state index contributed by atoms with van der Waals surface area (Å²) in [6.45, 7) is 8.60. The summed E-state index contributed by atoms with van der Waals surface area (Å²) in [6, 6.07) is 19.4. The molecule has 12 nitrogen and oxygen atoms in total.